The van der Waals surface area contributed by atoms with Crippen LogP contribution in [-0.4, -0.2) is 46.0 Å². The van der Waals surface area contributed by atoms with Gasteiger partial charge in [-0.2, -0.15) is 0 Å². The van der Waals surface area contributed by atoms with Crippen LogP contribution in [0.3, 0.4) is 0 Å². The van der Waals surface area contributed by atoms with Gasteiger partial charge in [0.05, 0.1) is 0 Å². The van der Waals surface area contributed by atoms with Crippen LogP contribution in [-0.2, 0) is 19.1 Å². The van der Waals surface area contributed by atoms with E-state index in [1.54, 1.807) is 0 Å². The Morgan fingerprint density at radius 2 is 1.10 bits per heavy atom. The number of carbonyl (C=O) groups excluding carboxylic acids is 2. The molecule has 0 rings (SSSR count). The lowest BCUT2D eigenvalue weighted by Crippen LogP contribution is -2.49. The number of nitrogens with zero attached hydrogens (tertiary/aromatic N) is 2. The van der Waals surface area contributed by atoms with Crippen molar-refractivity contribution in [3.8, 4) is 0 Å². The fourth-order valence-electron chi connectivity index (χ4n) is 1.16. The maximum atomic E-state index is 12.1. The lowest BCUT2D eigenvalue weighted by molar-refractivity contribution is -1.02. The molecule has 8 nitrogen and oxygen atoms in total. The first-order chi connectivity index (χ1) is 8.90. The molecule has 0 unspecified atom stereocenters. The number of azo groups is 1. The van der Waals surface area contributed by atoms with E-state index in [9.17, 15) is 20.0 Å². The SMILES string of the molecule is CC(=O)OCC(C)(C)/[N+]([O-])=[N+](\[O-])C(C)(C)COC(C)=O. The molecule has 0 atom stereocenters. The highest BCUT2D eigenvalue weighted by atomic mass is 16.6. The quantitative estimate of drug-likeness (QED) is 0.314. The fraction of sp³-hybridized carbons (Fsp3) is 0.833. The lowest BCUT2D eigenvalue weighted by Gasteiger charge is -2.25. The van der Waals surface area contributed by atoms with Crippen molar-refractivity contribution in [2.45, 2.75) is 52.6 Å². The van der Waals surface area contributed by atoms with E-state index >= 15 is 0 Å². The van der Waals surface area contributed by atoms with Gasteiger partial charge in [-0.3, -0.25) is 9.59 Å². The summed E-state index contributed by atoms with van der Waals surface area (Å²) in [5.41, 5.74) is -2.47. The highest BCUT2D eigenvalue weighted by Gasteiger charge is 2.42. The average molecular weight is 290 g/mol. The summed E-state index contributed by atoms with van der Waals surface area (Å²) in [6, 6.07) is 0. The predicted molar refractivity (Wildman–Crippen MR) is 68.7 cm³/mol. The molecule has 0 aromatic rings. The molecule has 0 bridgehead atoms. The number of esters is 2. The second-order valence-corrected chi connectivity index (χ2v) is 5.73. The second-order valence-electron chi connectivity index (χ2n) is 5.73. The van der Waals surface area contributed by atoms with Crippen molar-refractivity contribution in [2.75, 3.05) is 13.2 Å². The highest BCUT2D eigenvalue weighted by molar-refractivity contribution is 5.66. The third-order valence-electron chi connectivity index (χ3n) is 2.46. The standard InChI is InChI=1S/C12H22N2O6/c1-9(15)19-7-11(3,4)13(17)14(18)12(5,6)8-20-10(2)16/h7-8H2,1-6H3/b14-13+. The van der Waals surface area contributed by atoms with Crippen molar-refractivity contribution >= 4 is 11.9 Å². The van der Waals surface area contributed by atoms with Crippen LogP contribution in [0.15, 0.2) is 0 Å². The third-order valence-corrected chi connectivity index (χ3v) is 2.46. The fourth-order valence-corrected chi connectivity index (χ4v) is 1.16. The largest absolute Gasteiger partial charge is 0.566 e. The summed E-state index contributed by atoms with van der Waals surface area (Å²) >= 11 is 0. The molecule has 0 aliphatic carbocycles. The number of hydrogen-bond acceptors (Lipinski definition) is 6. The van der Waals surface area contributed by atoms with E-state index in [4.69, 9.17) is 9.47 Å². The zero-order valence-electron chi connectivity index (χ0n) is 12.8. The van der Waals surface area contributed by atoms with E-state index in [1.807, 2.05) is 0 Å². The van der Waals surface area contributed by atoms with Crippen molar-refractivity contribution in [1.82, 2.24) is 0 Å². The van der Waals surface area contributed by atoms with E-state index in [0.29, 0.717) is 0 Å². The molecular formula is C12H22N2O6. The Bertz CT molecular complexity index is 376. The maximum Gasteiger partial charge on any atom is 0.302 e. The highest BCUT2D eigenvalue weighted by Crippen LogP contribution is 2.15. The summed E-state index contributed by atoms with van der Waals surface area (Å²) in [6.07, 6.45) is 0. The molecule has 0 radical (unpaired) electrons. The van der Waals surface area contributed by atoms with Crippen LogP contribution in [0, 0.1) is 10.4 Å². The molecule has 0 heterocycles. The Morgan fingerprint density at radius 3 is 1.30 bits per heavy atom. The Morgan fingerprint density at radius 1 is 0.850 bits per heavy atom. The minimum atomic E-state index is -1.24. The van der Waals surface area contributed by atoms with Gasteiger partial charge in [-0.15, -0.1) is 0 Å². The molecule has 0 fully saturated rings. The smallest absolute Gasteiger partial charge is 0.302 e. The number of ether oxygens (including phenoxy) is 2. The van der Waals surface area contributed by atoms with E-state index in [-0.39, 0.29) is 22.9 Å². The first-order valence-corrected chi connectivity index (χ1v) is 6.11. The maximum absolute atomic E-state index is 12.1. The van der Waals surface area contributed by atoms with Crippen LogP contribution < -0.4 is 0 Å². The van der Waals surface area contributed by atoms with Gasteiger partial charge in [0.15, 0.2) is 13.2 Å². The summed E-state index contributed by atoms with van der Waals surface area (Å²) in [5, 5.41) is 24.1. The monoisotopic (exact) mass is 290 g/mol. The third kappa shape index (κ3) is 5.41. The van der Waals surface area contributed by atoms with Gasteiger partial charge in [-0.1, -0.05) is 0 Å². The van der Waals surface area contributed by atoms with Crippen LogP contribution >= 0.6 is 0 Å². The van der Waals surface area contributed by atoms with Gasteiger partial charge in [-0.05, 0) is 0 Å². The van der Waals surface area contributed by atoms with Gasteiger partial charge in [0.25, 0.3) is 11.1 Å². The molecule has 116 valence electrons. The van der Waals surface area contributed by atoms with Gasteiger partial charge in [0.1, 0.15) is 0 Å². The number of carbonyl (C=O) groups is 2. The molecule has 0 spiro atoms. The summed E-state index contributed by atoms with van der Waals surface area (Å²) < 4.78 is 9.51. The van der Waals surface area contributed by atoms with E-state index in [2.05, 4.69) is 0 Å². The Labute approximate surface area is 118 Å². The van der Waals surface area contributed by atoms with Crippen LogP contribution in [0.1, 0.15) is 41.5 Å². The molecule has 0 aromatic carbocycles. The second kappa shape index (κ2) is 6.53. The van der Waals surface area contributed by atoms with Gasteiger partial charge >= 0.3 is 11.9 Å². The molecule has 0 aliphatic rings. The average Bonchev–Trinajstić information content (AvgIpc) is 2.32. The molecule has 0 saturated carbocycles. The van der Waals surface area contributed by atoms with Crippen molar-refractivity contribution in [2.24, 2.45) is 0 Å². The van der Waals surface area contributed by atoms with Crippen LogP contribution in [0.25, 0.3) is 0 Å². The Hall–Kier alpha value is -1.86. The zero-order chi connectivity index (χ0) is 16.1. The molecule has 20 heavy (non-hydrogen) atoms. The molecule has 0 N–H and O–H groups in total. The summed E-state index contributed by atoms with van der Waals surface area (Å²) in [4.78, 5) is 21.9. The van der Waals surface area contributed by atoms with Crippen LogP contribution in [0.5, 0.6) is 0 Å². The topological polar surface area (TPSA) is 105 Å². The van der Waals surface area contributed by atoms with Crippen molar-refractivity contribution < 1.29 is 28.8 Å². The summed E-state index contributed by atoms with van der Waals surface area (Å²) in [5.74, 6) is -1.08. The minimum absolute atomic E-state index is 0.180. The molecular weight excluding hydrogens is 268 g/mol. The predicted octanol–water partition coefficient (Wildman–Crippen LogP) is 1.14. The van der Waals surface area contributed by atoms with Crippen molar-refractivity contribution in [1.29, 1.82) is 0 Å². The summed E-state index contributed by atoms with van der Waals surface area (Å²) in [6.45, 7) is 7.84. The first-order valence-electron chi connectivity index (χ1n) is 6.11. The molecule has 0 amide bonds. The Kier molecular flexibility index (Phi) is 5.93. The van der Waals surface area contributed by atoms with Gasteiger partial charge in [0, 0.05) is 51.3 Å². The normalized spacial score (nSPS) is 13.5. The van der Waals surface area contributed by atoms with E-state index in [1.165, 1.54) is 41.5 Å². The number of hydroxylamine groups is 2. The number of hydrogen-bond donors (Lipinski definition) is 0. The molecule has 0 saturated heterocycles. The van der Waals surface area contributed by atoms with Gasteiger partial charge < -0.3 is 19.9 Å². The Balaban J connectivity index is 5.10. The molecule has 0 aliphatic heterocycles. The zero-order valence-corrected chi connectivity index (χ0v) is 12.8. The van der Waals surface area contributed by atoms with Crippen molar-refractivity contribution in [3.63, 3.8) is 0 Å². The lowest BCUT2D eigenvalue weighted by atomic mass is 10.1. The van der Waals surface area contributed by atoms with E-state index < -0.39 is 23.0 Å². The van der Waals surface area contributed by atoms with Crippen LogP contribution in [0.2, 0.25) is 0 Å². The number of rotatable bonds is 6. The van der Waals surface area contributed by atoms with Crippen LogP contribution in [0.4, 0.5) is 0 Å². The minimum Gasteiger partial charge on any atom is -0.566 e. The van der Waals surface area contributed by atoms with E-state index in [0.717, 1.165) is 0 Å². The molecule has 8 heteroatoms. The first kappa shape index (κ1) is 18.1. The molecule has 0 aromatic heterocycles. The van der Waals surface area contributed by atoms with Gasteiger partial charge in [0.2, 0.25) is 0 Å². The van der Waals surface area contributed by atoms with Crippen molar-refractivity contribution in [3.05, 3.63) is 10.4 Å². The van der Waals surface area contributed by atoms with Gasteiger partial charge in [-0.25, -0.2) is 0 Å². The summed E-state index contributed by atoms with van der Waals surface area (Å²) in [7, 11) is 0.